The molecule has 0 heterocycles. The molecule has 0 spiro atoms. The third kappa shape index (κ3) is 5.61. The van der Waals surface area contributed by atoms with Gasteiger partial charge in [-0.25, -0.2) is 0 Å². The summed E-state index contributed by atoms with van der Waals surface area (Å²) in [5.74, 6) is 0.740. The molecule has 0 saturated heterocycles. The number of carbonyl (C=O) groups is 2. The van der Waals surface area contributed by atoms with Crippen LogP contribution >= 0.6 is 0 Å². The molecule has 0 unspecified atom stereocenters. The van der Waals surface area contributed by atoms with Crippen molar-refractivity contribution < 1.29 is 19.1 Å². The Morgan fingerprint density at radius 2 is 1.61 bits per heavy atom. The zero-order valence-electron chi connectivity index (χ0n) is 16.9. The second kappa shape index (κ2) is 9.60. The Morgan fingerprint density at radius 3 is 2.14 bits per heavy atom. The van der Waals surface area contributed by atoms with Crippen LogP contribution in [0.1, 0.15) is 16.7 Å². The highest BCUT2D eigenvalue weighted by Crippen LogP contribution is 2.23. The molecule has 2 amide bonds. The maximum Gasteiger partial charge on any atom is 0.246 e. The van der Waals surface area contributed by atoms with Gasteiger partial charge in [-0.15, -0.1) is 0 Å². The van der Waals surface area contributed by atoms with Crippen LogP contribution in [0, 0.1) is 13.8 Å². The standard InChI is InChI=1S/C22H26N2O4/c1-15-7-6-8-16(2)22(15)23-20(25)14-24(3)21(26)10-9-17-11-18(27-4)13-19(12-17)28-5/h6-13H,14H2,1-5H3,(H,23,25)/b10-9+. The summed E-state index contributed by atoms with van der Waals surface area (Å²) in [6.45, 7) is 3.82. The van der Waals surface area contributed by atoms with E-state index >= 15 is 0 Å². The predicted octanol–water partition coefficient (Wildman–Crippen LogP) is 3.43. The smallest absolute Gasteiger partial charge is 0.246 e. The molecule has 1 N–H and O–H groups in total. The highest BCUT2D eigenvalue weighted by atomic mass is 16.5. The maximum absolute atomic E-state index is 12.3. The van der Waals surface area contributed by atoms with Gasteiger partial charge in [-0.2, -0.15) is 0 Å². The van der Waals surface area contributed by atoms with Crippen LogP contribution in [0.25, 0.3) is 6.08 Å². The largest absolute Gasteiger partial charge is 0.497 e. The van der Waals surface area contributed by atoms with Gasteiger partial charge in [-0.05, 0) is 48.7 Å². The zero-order valence-corrected chi connectivity index (χ0v) is 16.9. The fourth-order valence-electron chi connectivity index (χ4n) is 2.70. The van der Waals surface area contributed by atoms with E-state index in [4.69, 9.17) is 9.47 Å². The first-order valence-corrected chi connectivity index (χ1v) is 8.86. The van der Waals surface area contributed by atoms with Crippen molar-refractivity contribution in [1.29, 1.82) is 0 Å². The first-order valence-electron chi connectivity index (χ1n) is 8.86. The molecule has 148 valence electrons. The number of hydrogen-bond acceptors (Lipinski definition) is 4. The number of hydrogen-bond donors (Lipinski definition) is 1. The lowest BCUT2D eigenvalue weighted by Gasteiger charge is -2.16. The molecule has 0 bridgehead atoms. The SMILES string of the molecule is COc1cc(/C=C/C(=O)N(C)CC(=O)Nc2c(C)cccc2C)cc(OC)c1. The maximum atomic E-state index is 12.3. The van der Waals surface area contributed by atoms with E-state index in [0.717, 1.165) is 22.4 Å². The van der Waals surface area contributed by atoms with Gasteiger partial charge in [0.05, 0.1) is 20.8 Å². The number of nitrogens with one attached hydrogen (secondary N) is 1. The summed E-state index contributed by atoms with van der Waals surface area (Å²) in [5, 5.41) is 2.88. The van der Waals surface area contributed by atoms with E-state index in [1.165, 1.54) is 11.0 Å². The van der Waals surface area contributed by atoms with E-state index in [1.807, 2.05) is 32.0 Å². The van der Waals surface area contributed by atoms with Crippen LogP contribution in [-0.4, -0.2) is 44.5 Å². The van der Waals surface area contributed by atoms with Crippen LogP contribution in [0.4, 0.5) is 5.69 Å². The molecule has 0 atom stereocenters. The number of benzene rings is 2. The van der Waals surface area contributed by atoms with Crippen molar-refractivity contribution in [2.75, 3.05) is 33.1 Å². The molecule has 2 aromatic rings. The Balaban J connectivity index is 2.00. The van der Waals surface area contributed by atoms with Crippen molar-refractivity contribution >= 4 is 23.6 Å². The van der Waals surface area contributed by atoms with Crippen LogP contribution in [0.15, 0.2) is 42.5 Å². The molecule has 0 saturated carbocycles. The Bertz CT molecular complexity index is 848. The van der Waals surface area contributed by atoms with Crippen molar-refractivity contribution in [2.24, 2.45) is 0 Å². The van der Waals surface area contributed by atoms with Gasteiger partial charge in [0.15, 0.2) is 0 Å². The van der Waals surface area contributed by atoms with Crippen molar-refractivity contribution in [1.82, 2.24) is 4.90 Å². The summed E-state index contributed by atoms with van der Waals surface area (Å²) in [6.07, 6.45) is 3.08. The monoisotopic (exact) mass is 382 g/mol. The van der Waals surface area contributed by atoms with E-state index < -0.39 is 0 Å². The van der Waals surface area contributed by atoms with Crippen LogP contribution < -0.4 is 14.8 Å². The number of amides is 2. The molecule has 2 rings (SSSR count). The quantitative estimate of drug-likeness (QED) is 0.745. The lowest BCUT2D eigenvalue weighted by Crippen LogP contribution is -2.34. The number of anilines is 1. The number of nitrogens with zero attached hydrogens (tertiary/aromatic N) is 1. The number of methoxy groups -OCH3 is 2. The van der Waals surface area contributed by atoms with E-state index in [9.17, 15) is 9.59 Å². The number of ether oxygens (including phenoxy) is 2. The van der Waals surface area contributed by atoms with Crippen LogP contribution in [0.2, 0.25) is 0 Å². The summed E-state index contributed by atoms with van der Waals surface area (Å²) in [7, 11) is 4.72. The first-order chi connectivity index (χ1) is 13.3. The molecule has 2 aromatic carbocycles. The van der Waals surface area contributed by atoms with Gasteiger partial charge >= 0.3 is 0 Å². The lowest BCUT2D eigenvalue weighted by molar-refractivity contribution is -0.129. The summed E-state index contributed by atoms with van der Waals surface area (Å²) < 4.78 is 10.4. The average Bonchev–Trinajstić information content (AvgIpc) is 2.68. The second-order valence-corrected chi connectivity index (χ2v) is 6.49. The number of carbonyl (C=O) groups excluding carboxylic acids is 2. The van der Waals surface area contributed by atoms with Crippen molar-refractivity contribution in [3.63, 3.8) is 0 Å². The second-order valence-electron chi connectivity index (χ2n) is 6.49. The van der Waals surface area contributed by atoms with E-state index in [1.54, 1.807) is 45.5 Å². The van der Waals surface area contributed by atoms with Gasteiger partial charge in [-0.3, -0.25) is 9.59 Å². The number of aryl methyl sites for hydroxylation is 2. The summed E-state index contributed by atoms with van der Waals surface area (Å²) >= 11 is 0. The zero-order chi connectivity index (χ0) is 20.7. The first kappa shape index (κ1) is 21.0. The van der Waals surface area contributed by atoms with E-state index in [-0.39, 0.29) is 18.4 Å². The molecule has 0 aliphatic rings. The fourth-order valence-corrected chi connectivity index (χ4v) is 2.70. The Morgan fingerprint density at radius 1 is 1.04 bits per heavy atom. The molecular formula is C22H26N2O4. The van der Waals surface area contributed by atoms with Gasteiger partial charge in [0.25, 0.3) is 0 Å². The highest BCUT2D eigenvalue weighted by molar-refractivity contribution is 5.98. The fraction of sp³-hybridized carbons (Fsp3) is 0.273. The van der Waals surface area contributed by atoms with Crippen molar-refractivity contribution in [3.05, 3.63) is 59.2 Å². The van der Waals surface area contributed by atoms with Crippen LogP contribution in [0.5, 0.6) is 11.5 Å². The molecule has 6 nitrogen and oxygen atoms in total. The third-order valence-electron chi connectivity index (χ3n) is 4.29. The van der Waals surface area contributed by atoms with Crippen LogP contribution in [0.3, 0.4) is 0 Å². The number of rotatable bonds is 7. The lowest BCUT2D eigenvalue weighted by atomic mass is 10.1. The van der Waals surface area contributed by atoms with Gasteiger partial charge < -0.3 is 19.7 Å². The van der Waals surface area contributed by atoms with E-state index in [0.29, 0.717) is 11.5 Å². The van der Waals surface area contributed by atoms with Gasteiger partial charge in [-0.1, -0.05) is 18.2 Å². The minimum Gasteiger partial charge on any atom is -0.497 e. The van der Waals surface area contributed by atoms with E-state index in [2.05, 4.69) is 5.32 Å². The average molecular weight is 382 g/mol. The number of para-hydroxylation sites is 1. The van der Waals surface area contributed by atoms with Gasteiger partial charge in [0.1, 0.15) is 11.5 Å². The van der Waals surface area contributed by atoms with Crippen molar-refractivity contribution in [2.45, 2.75) is 13.8 Å². The summed E-state index contributed by atoms with van der Waals surface area (Å²) in [5.41, 5.74) is 3.51. The normalized spacial score (nSPS) is 10.6. The minimum atomic E-state index is -0.279. The molecule has 0 aromatic heterocycles. The Kier molecular flexibility index (Phi) is 7.21. The Labute approximate surface area is 165 Å². The molecule has 0 aliphatic heterocycles. The summed E-state index contributed by atoms with van der Waals surface area (Å²) in [6, 6.07) is 11.1. The molecule has 0 radical (unpaired) electrons. The van der Waals surface area contributed by atoms with Gasteiger partial charge in [0.2, 0.25) is 11.8 Å². The van der Waals surface area contributed by atoms with Crippen LogP contribution in [-0.2, 0) is 9.59 Å². The highest BCUT2D eigenvalue weighted by Gasteiger charge is 2.13. The molecular weight excluding hydrogens is 356 g/mol. The predicted molar refractivity (Wildman–Crippen MR) is 111 cm³/mol. The third-order valence-corrected chi connectivity index (χ3v) is 4.29. The molecule has 28 heavy (non-hydrogen) atoms. The van der Waals surface area contributed by atoms with Gasteiger partial charge in [0, 0.05) is 24.9 Å². The molecule has 0 fully saturated rings. The molecule has 6 heteroatoms. The molecule has 0 aliphatic carbocycles. The minimum absolute atomic E-state index is 0.0433. The summed E-state index contributed by atoms with van der Waals surface area (Å²) in [4.78, 5) is 26.0. The Hall–Kier alpha value is -3.28. The number of likely N-dealkylation sites (N-methyl/N-ethyl adjacent to an activating group) is 1. The topological polar surface area (TPSA) is 67.9 Å². The van der Waals surface area contributed by atoms with Crippen molar-refractivity contribution in [3.8, 4) is 11.5 Å².